The van der Waals surface area contributed by atoms with Crippen molar-refractivity contribution in [1.29, 1.82) is 0 Å². The Morgan fingerprint density at radius 2 is 1.97 bits per heavy atom. The number of carbonyl (C=O) groups is 1. The van der Waals surface area contributed by atoms with Crippen LogP contribution in [0, 0.1) is 13.8 Å². The number of anilines is 1. The average Bonchev–Trinajstić information content (AvgIpc) is 3.15. The Morgan fingerprint density at radius 1 is 1.19 bits per heavy atom. The maximum absolute atomic E-state index is 12.3. The molecule has 3 rings (SSSR count). The Balaban J connectivity index is 1.65. The molecule has 1 N–H and O–H groups in total. The maximum Gasteiger partial charge on any atom is 0.234 e. The van der Waals surface area contributed by atoms with Gasteiger partial charge in [0.2, 0.25) is 5.91 Å². The highest BCUT2D eigenvalue weighted by atomic mass is 35.5. The van der Waals surface area contributed by atoms with E-state index in [2.05, 4.69) is 28.5 Å². The molecule has 31 heavy (non-hydrogen) atoms. The molecule has 0 aliphatic rings. The number of hydrogen-bond donors (Lipinski definition) is 1. The standard InChI is InChI=1S/C22H24Cl2N4O2S/c1-5-28-21(15(4)30-19-8-6-7-13(2)14(19)3)26-27-22(28)31-12-20(29)25-16-9-10-17(23)18(24)11-16/h6-11,15H,5,12H2,1-4H3,(H,25,29). The van der Waals surface area contributed by atoms with E-state index in [0.717, 1.165) is 17.1 Å². The Morgan fingerprint density at radius 3 is 2.68 bits per heavy atom. The number of rotatable bonds is 8. The van der Waals surface area contributed by atoms with Gasteiger partial charge in [-0.15, -0.1) is 10.2 Å². The van der Waals surface area contributed by atoms with Gasteiger partial charge in [-0.25, -0.2) is 0 Å². The number of nitrogens with one attached hydrogen (secondary N) is 1. The molecule has 0 bridgehead atoms. The van der Waals surface area contributed by atoms with Gasteiger partial charge in [0.1, 0.15) is 5.75 Å². The van der Waals surface area contributed by atoms with E-state index in [4.69, 9.17) is 27.9 Å². The van der Waals surface area contributed by atoms with Crippen LogP contribution in [0.5, 0.6) is 5.75 Å². The number of carbonyl (C=O) groups excluding carboxylic acids is 1. The molecule has 1 heterocycles. The smallest absolute Gasteiger partial charge is 0.234 e. The third-order valence-corrected chi connectivity index (χ3v) is 6.53. The summed E-state index contributed by atoms with van der Waals surface area (Å²) in [4.78, 5) is 12.3. The predicted octanol–water partition coefficient (Wildman–Crippen LogP) is 6.09. The summed E-state index contributed by atoms with van der Waals surface area (Å²) < 4.78 is 8.12. The zero-order valence-electron chi connectivity index (χ0n) is 17.8. The molecule has 164 valence electrons. The van der Waals surface area contributed by atoms with Gasteiger partial charge in [-0.2, -0.15) is 0 Å². The van der Waals surface area contributed by atoms with Crippen molar-refractivity contribution in [2.75, 3.05) is 11.1 Å². The second-order valence-electron chi connectivity index (χ2n) is 7.01. The summed E-state index contributed by atoms with van der Waals surface area (Å²) in [5, 5.41) is 12.9. The molecule has 1 amide bonds. The highest BCUT2D eigenvalue weighted by Crippen LogP contribution is 2.28. The van der Waals surface area contributed by atoms with E-state index in [0.29, 0.717) is 27.4 Å². The quantitative estimate of drug-likeness (QED) is 0.396. The van der Waals surface area contributed by atoms with Gasteiger partial charge >= 0.3 is 0 Å². The van der Waals surface area contributed by atoms with Crippen LogP contribution in [0.2, 0.25) is 10.0 Å². The van der Waals surface area contributed by atoms with Gasteiger partial charge in [0.25, 0.3) is 0 Å². The minimum atomic E-state index is -0.285. The van der Waals surface area contributed by atoms with Gasteiger partial charge < -0.3 is 14.6 Å². The maximum atomic E-state index is 12.3. The lowest BCUT2D eigenvalue weighted by Gasteiger charge is -2.17. The van der Waals surface area contributed by atoms with Gasteiger partial charge in [-0.3, -0.25) is 4.79 Å². The molecule has 1 aromatic heterocycles. The minimum Gasteiger partial charge on any atom is -0.482 e. The van der Waals surface area contributed by atoms with E-state index in [1.165, 1.54) is 17.3 Å². The Labute approximate surface area is 196 Å². The lowest BCUT2D eigenvalue weighted by Crippen LogP contribution is -2.15. The van der Waals surface area contributed by atoms with E-state index in [-0.39, 0.29) is 17.8 Å². The van der Waals surface area contributed by atoms with Crippen molar-refractivity contribution in [3.05, 3.63) is 63.4 Å². The van der Waals surface area contributed by atoms with Gasteiger partial charge in [-0.05, 0) is 63.1 Å². The molecule has 3 aromatic rings. The fourth-order valence-electron chi connectivity index (χ4n) is 3.00. The third-order valence-electron chi connectivity index (χ3n) is 4.82. The number of benzene rings is 2. The highest BCUT2D eigenvalue weighted by molar-refractivity contribution is 7.99. The van der Waals surface area contributed by atoms with Crippen molar-refractivity contribution in [2.24, 2.45) is 0 Å². The van der Waals surface area contributed by atoms with E-state index in [1.54, 1.807) is 18.2 Å². The molecule has 0 radical (unpaired) electrons. The van der Waals surface area contributed by atoms with Crippen LogP contribution in [0.15, 0.2) is 41.6 Å². The Bertz CT molecular complexity index is 1090. The van der Waals surface area contributed by atoms with Crippen LogP contribution in [0.3, 0.4) is 0 Å². The molecule has 2 aromatic carbocycles. The molecule has 0 aliphatic heterocycles. The molecule has 0 spiro atoms. The molecule has 1 unspecified atom stereocenters. The summed E-state index contributed by atoms with van der Waals surface area (Å²) in [6, 6.07) is 10.9. The number of amides is 1. The van der Waals surface area contributed by atoms with E-state index in [9.17, 15) is 4.79 Å². The second-order valence-corrected chi connectivity index (χ2v) is 8.77. The number of ether oxygens (including phenoxy) is 1. The number of aryl methyl sites for hydroxylation is 1. The van der Waals surface area contributed by atoms with Crippen LogP contribution in [0.1, 0.15) is 36.9 Å². The first-order valence-corrected chi connectivity index (χ1v) is 11.6. The molecular formula is C22H24Cl2N4O2S. The Hall–Kier alpha value is -2.22. The monoisotopic (exact) mass is 478 g/mol. The van der Waals surface area contributed by atoms with Crippen LogP contribution in [0.25, 0.3) is 0 Å². The van der Waals surface area contributed by atoms with Crippen LogP contribution in [0.4, 0.5) is 5.69 Å². The summed E-state index contributed by atoms with van der Waals surface area (Å²) in [6.45, 7) is 8.72. The summed E-state index contributed by atoms with van der Waals surface area (Å²) in [7, 11) is 0. The highest BCUT2D eigenvalue weighted by Gasteiger charge is 2.20. The van der Waals surface area contributed by atoms with Crippen molar-refractivity contribution >= 4 is 46.6 Å². The lowest BCUT2D eigenvalue weighted by atomic mass is 10.1. The first-order valence-electron chi connectivity index (χ1n) is 9.83. The average molecular weight is 479 g/mol. The van der Waals surface area contributed by atoms with Gasteiger partial charge in [0.15, 0.2) is 17.1 Å². The summed E-state index contributed by atoms with van der Waals surface area (Å²) >= 11 is 13.2. The lowest BCUT2D eigenvalue weighted by molar-refractivity contribution is -0.113. The van der Waals surface area contributed by atoms with E-state index >= 15 is 0 Å². The van der Waals surface area contributed by atoms with Gasteiger partial charge in [0.05, 0.1) is 15.8 Å². The van der Waals surface area contributed by atoms with Crippen LogP contribution >= 0.6 is 35.0 Å². The molecule has 1 atom stereocenters. The predicted molar refractivity (Wildman–Crippen MR) is 126 cm³/mol. The number of halogens is 2. The topological polar surface area (TPSA) is 69.0 Å². The van der Waals surface area contributed by atoms with Gasteiger partial charge in [0, 0.05) is 12.2 Å². The number of aromatic nitrogens is 3. The summed E-state index contributed by atoms with van der Waals surface area (Å²) in [6.07, 6.45) is -0.285. The zero-order valence-corrected chi connectivity index (χ0v) is 20.1. The van der Waals surface area contributed by atoms with Crippen molar-refractivity contribution in [2.45, 2.75) is 45.5 Å². The second kappa shape index (κ2) is 10.4. The largest absolute Gasteiger partial charge is 0.482 e. The normalized spacial score (nSPS) is 11.9. The molecule has 6 nitrogen and oxygen atoms in total. The fourth-order valence-corrected chi connectivity index (χ4v) is 4.11. The molecule has 0 saturated carbocycles. The van der Waals surface area contributed by atoms with E-state index in [1.807, 2.05) is 37.5 Å². The molecule has 0 aliphatic carbocycles. The number of thioether (sulfide) groups is 1. The van der Waals surface area contributed by atoms with Crippen molar-refractivity contribution in [3.8, 4) is 5.75 Å². The molecule has 0 saturated heterocycles. The van der Waals surface area contributed by atoms with Gasteiger partial charge in [-0.1, -0.05) is 47.1 Å². The van der Waals surface area contributed by atoms with Crippen molar-refractivity contribution in [1.82, 2.24) is 14.8 Å². The zero-order chi connectivity index (χ0) is 22.5. The Kier molecular flexibility index (Phi) is 7.86. The third kappa shape index (κ3) is 5.73. The first kappa shape index (κ1) is 23.4. The van der Waals surface area contributed by atoms with Crippen LogP contribution in [-0.4, -0.2) is 26.4 Å². The number of hydrogen-bond acceptors (Lipinski definition) is 5. The molecule has 0 fully saturated rings. The molecular weight excluding hydrogens is 455 g/mol. The summed E-state index contributed by atoms with van der Waals surface area (Å²) in [5.74, 6) is 1.56. The first-order chi connectivity index (χ1) is 14.8. The van der Waals surface area contributed by atoms with Crippen LogP contribution < -0.4 is 10.1 Å². The molecule has 9 heteroatoms. The fraction of sp³-hybridized carbons (Fsp3) is 0.318. The SMILES string of the molecule is CCn1c(SCC(=O)Nc2ccc(Cl)c(Cl)c2)nnc1C(C)Oc1cccc(C)c1C. The van der Waals surface area contributed by atoms with Crippen LogP contribution in [-0.2, 0) is 11.3 Å². The summed E-state index contributed by atoms with van der Waals surface area (Å²) in [5.41, 5.74) is 2.87. The van der Waals surface area contributed by atoms with Crippen molar-refractivity contribution in [3.63, 3.8) is 0 Å². The number of nitrogens with zero attached hydrogens (tertiary/aromatic N) is 3. The van der Waals surface area contributed by atoms with Crippen molar-refractivity contribution < 1.29 is 9.53 Å². The van der Waals surface area contributed by atoms with E-state index < -0.39 is 0 Å². The minimum absolute atomic E-state index is 0.171.